The van der Waals surface area contributed by atoms with Gasteiger partial charge in [0.2, 0.25) is 10.0 Å². The van der Waals surface area contributed by atoms with Crippen LogP contribution in [0.2, 0.25) is 0 Å². The summed E-state index contributed by atoms with van der Waals surface area (Å²) < 4.78 is 54.4. The first-order valence-electron chi connectivity index (χ1n) is 8.94. The molecule has 6 nitrogen and oxygen atoms in total. The number of rotatable bonds is 6. The molecule has 27 heavy (non-hydrogen) atoms. The minimum Gasteiger partial charge on any atom is -0.264 e. The highest BCUT2D eigenvalue weighted by molar-refractivity contribution is 7.93. The Bertz CT molecular complexity index is 980. The molecule has 8 heteroatoms. The minimum absolute atomic E-state index is 0.0698. The molecule has 0 N–H and O–H groups in total. The van der Waals surface area contributed by atoms with E-state index in [2.05, 4.69) is 0 Å². The second kappa shape index (κ2) is 7.61. The Balaban J connectivity index is 1.95. The zero-order valence-corrected chi connectivity index (χ0v) is 17.1. The fraction of sp³-hybridized carbons (Fsp3) is 0.368. The summed E-state index contributed by atoms with van der Waals surface area (Å²) in [5.74, 6) is 0. The fourth-order valence-corrected chi connectivity index (χ4v) is 6.44. The average molecular weight is 409 g/mol. The molecule has 0 saturated carbocycles. The van der Waals surface area contributed by atoms with E-state index in [0.29, 0.717) is 18.8 Å². The molecular weight excluding hydrogens is 384 g/mol. The Morgan fingerprint density at radius 1 is 0.815 bits per heavy atom. The molecule has 2 aromatic carbocycles. The van der Waals surface area contributed by atoms with E-state index in [4.69, 9.17) is 0 Å². The van der Waals surface area contributed by atoms with Crippen LogP contribution in [0.15, 0.2) is 64.4 Å². The molecule has 1 heterocycles. The third-order valence-electron chi connectivity index (χ3n) is 4.56. The van der Waals surface area contributed by atoms with Gasteiger partial charge in [0, 0.05) is 19.1 Å². The van der Waals surface area contributed by atoms with Gasteiger partial charge in [0.05, 0.1) is 15.5 Å². The van der Waals surface area contributed by atoms with Gasteiger partial charge in [0.25, 0.3) is 10.0 Å². The number of para-hydroxylation sites is 1. The number of anilines is 1. The molecule has 0 bridgehead atoms. The molecule has 1 saturated heterocycles. The molecule has 0 aromatic heterocycles. The van der Waals surface area contributed by atoms with Crippen LogP contribution >= 0.6 is 0 Å². The third kappa shape index (κ3) is 3.88. The van der Waals surface area contributed by atoms with Crippen LogP contribution in [0, 0.1) is 0 Å². The average Bonchev–Trinajstić information content (AvgIpc) is 3.18. The first kappa shape index (κ1) is 19.9. The van der Waals surface area contributed by atoms with Crippen LogP contribution in [-0.2, 0) is 20.0 Å². The molecule has 146 valence electrons. The number of hydrogen-bond donors (Lipinski definition) is 0. The van der Waals surface area contributed by atoms with Crippen molar-refractivity contribution in [3.8, 4) is 0 Å². The molecule has 1 aliphatic heterocycles. The van der Waals surface area contributed by atoms with Crippen molar-refractivity contribution >= 4 is 25.7 Å². The lowest BCUT2D eigenvalue weighted by Crippen LogP contribution is -2.37. The van der Waals surface area contributed by atoms with Gasteiger partial charge in [-0.15, -0.1) is 0 Å². The maximum atomic E-state index is 13.2. The van der Waals surface area contributed by atoms with Crippen molar-refractivity contribution in [3.05, 3.63) is 54.6 Å². The molecule has 1 aliphatic rings. The van der Waals surface area contributed by atoms with Crippen molar-refractivity contribution in [3.63, 3.8) is 0 Å². The predicted octanol–water partition coefficient (Wildman–Crippen LogP) is 3.07. The van der Waals surface area contributed by atoms with Crippen LogP contribution < -0.4 is 4.31 Å². The zero-order chi connectivity index (χ0) is 19.7. The van der Waals surface area contributed by atoms with Crippen LogP contribution in [-0.4, -0.2) is 40.3 Å². The van der Waals surface area contributed by atoms with Crippen LogP contribution in [0.3, 0.4) is 0 Å². The lowest BCUT2D eigenvalue weighted by atomic mass is 10.3. The molecule has 0 aliphatic carbocycles. The summed E-state index contributed by atoms with van der Waals surface area (Å²) in [5.41, 5.74) is 0.571. The molecule has 0 unspecified atom stereocenters. The smallest absolute Gasteiger partial charge is 0.264 e. The van der Waals surface area contributed by atoms with Gasteiger partial charge in [-0.25, -0.2) is 16.8 Å². The molecule has 3 rings (SSSR count). The molecule has 0 radical (unpaired) electrons. The maximum absolute atomic E-state index is 13.2. The van der Waals surface area contributed by atoms with E-state index in [-0.39, 0.29) is 15.8 Å². The Morgan fingerprint density at radius 3 is 1.85 bits per heavy atom. The quantitative estimate of drug-likeness (QED) is 0.736. The van der Waals surface area contributed by atoms with E-state index >= 15 is 0 Å². The van der Waals surface area contributed by atoms with Crippen LogP contribution in [0.1, 0.15) is 26.7 Å². The summed E-state index contributed by atoms with van der Waals surface area (Å²) in [6.45, 7) is 4.63. The normalized spacial score (nSPS) is 16.0. The molecular formula is C19H24N2O4S2. The van der Waals surface area contributed by atoms with Crippen molar-refractivity contribution in [2.24, 2.45) is 0 Å². The first-order chi connectivity index (χ1) is 12.7. The highest BCUT2D eigenvalue weighted by Gasteiger charge is 2.30. The molecule has 0 atom stereocenters. The number of hydrogen-bond acceptors (Lipinski definition) is 4. The van der Waals surface area contributed by atoms with Crippen LogP contribution in [0.4, 0.5) is 5.69 Å². The Labute approximate surface area is 161 Å². The highest BCUT2D eigenvalue weighted by atomic mass is 32.2. The summed E-state index contributed by atoms with van der Waals surface area (Å²) in [4.78, 5) is 0.194. The second-order valence-electron chi connectivity index (χ2n) is 6.81. The van der Waals surface area contributed by atoms with Crippen molar-refractivity contribution in [1.29, 1.82) is 0 Å². The second-order valence-corrected chi connectivity index (χ2v) is 10.6. The van der Waals surface area contributed by atoms with E-state index in [1.54, 1.807) is 38.1 Å². The van der Waals surface area contributed by atoms with E-state index in [9.17, 15) is 16.8 Å². The van der Waals surface area contributed by atoms with Crippen molar-refractivity contribution in [1.82, 2.24) is 4.31 Å². The molecule has 1 fully saturated rings. The van der Waals surface area contributed by atoms with E-state index < -0.39 is 20.0 Å². The Morgan fingerprint density at radius 2 is 1.33 bits per heavy atom. The maximum Gasteiger partial charge on any atom is 0.264 e. The lowest BCUT2D eigenvalue weighted by molar-refractivity contribution is 0.477. The topological polar surface area (TPSA) is 74.8 Å². The largest absolute Gasteiger partial charge is 0.264 e. The standard InChI is InChI=1S/C19H24N2O4S2/c1-16(2)21(17-8-4-3-5-9-17)27(24,25)19-12-10-18(11-13-19)26(22,23)20-14-6-7-15-20/h3-5,8-13,16H,6-7,14-15H2,1-2H3. The molecule has 0 spiro atoms. The van der Waals surface area contributed by atoms with E-state index in [1.807, 2.05) is 6.07 Å². The van der Waals surface area contributed by atoms with Crippen molar-refractivity contribution < 1.29 is 16.8 Å². The third-order valence-corrected chi connectivity index (χ3v) is 8.49. The summed E-state index contributed by atoms with van der Waals surface area (Å²) in [6.07, 6.45) is 1.71. The minimum atomic E-state index is -3.81. The van der Waals surface area contributed by atoms with Crippen molar-refractivity contribution in [2.75, 3.05) is 17.4 Å². The first-order valence-corrected chi connectivity index (χ1v) is 11.8. The van der Waals surface area contributed by atoms with Gasteiger partial charge in [-0.05, 0) is 63.1 Å². The summed E-state index contributed by atoms with van der Waals surface area (Å²) >= 11 is 0. The van der Waals surface area contributed by atoms with E-state index in [0.717, 1.165) is 12.8 Å². The van der Waals surface area contributed by atoms with E-state index in [1.165, 1.54) is 32.9 Å². The van der Waals surface area contributed by atoms with Crippen LogP contribution in [0.25, 0.3) is 0 Å². The van der Waals surface area contributed by atoms with Gasteiger partial charge in [0.15, 0.2) is 0 Å². The van der Waals surface area contributed by atoms with Gasteiger partial charge in [-0.1, -0.05) is 18.2 Å². The van der Waals surface area contributed by atoms with Crippen molar-refractivity contribution in [2.45, 2.75) is 42.5 Å². The van der Waals surface area contributed by atoms with Gasteiger partial charge < -0.3 is 0 Å². The Hall–Kier alpha value is -1.90. The molecule has 2 aromatic rings. The van der Waals surface area contributed by atoms with Gasteiger partial charge in [-0.3, -0.25) is 4.31 Å². The summed E-state index contributed by atoms with van der Waals surface area (Å²) in [7, 11) is -7.37. The summed E-state index contributed by atoms with van der Waals surface area (Å²) in [6, 6.07) is 14.1. The summed E-state index contributed by atoms with van der Waals surface area (Å²) in [5, 5.41) is 0. The van der Waals surface area contributed by atoms with Gasteiger partial charge in [-0.2, -0.15) is 4.31 Å². The SMILES string of the molecule is CC(C)N(c1ccccc1)S(=O)(=O)c1ccc(S(=O)(=O)N2CCCC2)cc1. The lowest BCUT2D eigenvalue weighted by Gasteiger charge is -2.28. The van der Waals surface area contributed by atoms with Gasteiger partial charge in [0.1, 0.15) is 0 Å². The highest BCUT2D eigenvalue weighted by Crippen LogP contribution is 2.27. The fourth-order valence-electron chi connectivity index (χ4n) is 3.26. The molecule has 0 amide bonds. The van der Waals surface area contributed by atoms with Crippen LogP contribution in [0.5, 0.6) is 0 Å². The zero-order valence-electron chi connectivity index (χ0n) is 15.4. The van der Waals surface area contributed by atoms with Gasteiger partial charge >= 0.3 is 0 Å². The predicted molar refractivity (Wildman–Crippen MR) is 106 cm³/mol. The number of sulfonamides is 2. The number of benzene rings is 2. The number of nitrogens with zero attached hydrogens (tertiary/aromatic N) is 2. The Kier molecular flexibility index (Phi) is 5.60. The monoisotopic (exact) mass is 408 g/mol.